The largest absolute Gasteiger partial charge is 0.493 e. The van der Waals surface area contributed by atoms with Crippen molar-refractivity contribution in [2.75, 3.05) is 26.9 Å². The Kier molecular flexibility index (Phi) is 5.58. The van der Waals surface area contributed by atoms with Crippen LogP contribution in [0.25, 0.3) is 11.0 Å². The van der Waals surface area contributed by atoms with E-state index in [0.29, 0.717) is 47.8 Å². The second-order valence-electron chi connectivity index (χ2n) is 8.51. The van der Waals surface area contributed by atoms with Crippen molar-refractivity contribution in [3.63, 3.8) is 0 Å². The van der Waals surface area contributed by atoms with Gasteiger partial charge in [-0.2, -0.15) is 0 Å². The predicted octanol–water partition coefficient (Wildman–Crippen LogP) is 4.23. The molecule has 172 valence electrons. The van der Waals surface area contributed by atoms with Gasteiger partial charge >= 0.3 is 0 Å². The van der Waals surface area contributed by atoms with E-state index in [-0.39, 0.29) is 23.2 Å². The summed E-state index contributed by atoms with van der Waals surface area (Å²) < 4.78 is 23.1. The van der Waals surface area contributed by atoms with Gasteiger partial charge in [-0.05, 0) is 56.5 Å². The molecule has 0 bridgehead atoms. The van der Waals surface area contributed by atoms with E-state index in [1.807, 2.05) is 44.2 Å². The van der Waals surface area contributed by atoms with E-state index in [1.54, 1.807) is 18.1 Å². The SMILES string of the molecule is CCOc1ccc(C2c3c(oc4ccc(C)cc4c3=O)C(=O)N2CC2CCCO2)cc1OC. The summed E-state index contributed by atoms with van der Waals surface area (Å²) in [5.74, 6) is 0.971. The molecule has 33 heavy (non-hydrogen) atoms. The van der Waals surface area contributed by atoms with Gasteiger partial charge in [-0.1, -0.05) is 17.7 Å². The number of rotatable bonds is 6. The highest BCUT2D eigenvalue weighted by Crippen LogP contribution is 2.41. The van der Waals surface area contributed by atoms with Crippen LogP contribution in [0.15, 0.2) is 45.6 Å². The van der Waals surface area contributed by atoms with Gasteiger partial charge in [0.15, 0.2) is 16.9 Å². The van der Waals surface area contributed by atoms with E-state index in [1.165, 1.54) is 0 Å². The molecule has 5 rings (SSSR count). The molecule has 2 aliphatic rings. The molecule has 1 fully saturated rings. The summed E-state index contributed by atoms with van der Waals surface area (Å²) in [5.41, 5.74) is 2.31. The average Bonchev–Trinajstić information content (AvgIpc) is 3.42. The first kappa shape index (κ1) is 21.5. The molecule has 1 saturated heterocycles. The molecule has 0 aliphatic carbocycles. The molecule has 3 aromatic rings. The van der Waals surface area contributed by atoms with Crippen molar-refractivity contribution in [1.82, 2.24) is 4.90 Å². The van der Waals surface area contributed by atoms with Gasteiger partial charge in [0.2, 0.25) is 5.76 Å². The smallest absolute Gasteiger partial charge is 0.291 e. The van der Waals surface area contributed by atoms with Crippen LogP contribution in [0.3, 0.4) is 0 Å². The van der Waals surface area contributed by atoms with Crippen molar-refractivity contribution in [2.45, 2.75) is 38.8 Å². The van der Waals surface area contributed by atoms with E-state index in [9.17, 15) is 9.59 Å². The Morgan fingerprint density at radius 3 is 2.70 bits per heavy atom. The Hall–Kier alpha value is -3.32. The summed E-state index contributed by atoms with van der Waals surface area (Å²) in [6, 6.07) is 10.4. The number of amides is 1. The molecule has 0 saturated carbocycles. The van der Waals surface area contributed by atoms with E-state index < -0.39 is 6.04 Å². The molecule has 2 atom stereocenters. The third-order valence-corrected chi connectivity index (χ3v) is 6.35. The number of carbonyl (C=O) groups is 1. The summed E-state index contributed by atoms with van der Waals surface area (Å²) >= 11 is 0. The van der Waals surface area contributed by atoms with E-state index in [2.05, 4.69) is 0 Å². The Morgan fingerprint density at radius 2 is 1.97 bits per heavy atom. The maximum absolute atomic E-state index is 13.7. The Balaban J connectivity index is 1.69. The average molecular weight is 450 g/mol. The lowest BCUT2D eigenvalue weighted by Crippen LogP contribution is -2.36. The summed E-state index contributed by atoms with van der Waals surface area (Å²) in [7, 11) is 1.57. The third kappa shape index (κ3) is 3.66. The number of fused-ring (bicyclic) bond motifs is 2. The minimum atomic E-state index is -0.595. The molecule has 2 unspecified atom stereocenters. The zero-order valence-electron chi connectivity index (χ0n) is 19.1. The Bertz CT molecular complexity index is 1270. The van der Waals surface area contributed by atoms with Gasteiger partial charge in [0, 0.05) is 13.2 Å². The number of carbonyl (C=O) groups excluding carboxylic acids is 1. The zero-order valence-corrected chi connectivity index (χ0v) is 19.1. The van der Waals surface area contributed by atoms with Gasteiger partial charge < -0.3 is 23.5 Å². The lowest BCUT2D eigenvalue weighted by Gasteiger charge is -2.28. The molecule has 7 heteroatoms. The molecular weight excluding hydrogens is 422 g/mol. The number of hydrogen-bond acceptors (Lipinski definition) is 6. The highest BCUT2D eigenvalue weighted by molar-refractivity contribution is 5.99. The first-order valence-electron chi connectivity index (χ1n) is 11.3. The molecule has 0 spiro atoms. The number of aryl methyl sites for hydroxylation is 1. The normalized spacial score (nSPS) is 19.8. The Labute approximate surface area is 191 Å². The van der Waals surface area contributed by atoms with Crippen LogP contribution in [-0.2, 0) is 4.74 Å². The van der Waals surface area contributed by atoms with Crippen LogP contribution >= 0.6 is 0 Å². The molecule has 2 aliphatic heterocycles. The van der Waals surface area contributed by atoms with Crippen LogP contribution in [0.5, 0.6) is 11.5 Å². The van der Waals surface area contributed by atoms with Crippen molar-refractivity contribution >= 4 is 16.9 Å². The molecule has 1 aromatic heterocycles. The molecule has 7 nitrogen and oxygen atoms in total. The van der Waals surface area contributed by atoms with Crippen molar-refractivity contribution in [1.29, 1.82) is 0 Å². The maximum Gasteiger partial charge on any atom is 0.291 e. The van der Waals surface area contributed by atoms with Gasteiger partial charge in [-0.25, -0.2) is 0 Å². The van der Waals surface area contributed by atoms with Crippen molar-refractivity contribution in [2.24, 2.45) is 0 Å². The van der Waals surface area contributed by atoms with Crippen molar-refractivity contribution in [3.05, 3.63) is 69.1 Å². The first-order chi connectivity index (χ1) is 16.0. The number of methoxy groups -OCH3 is 1. The molecular formula is C26H27NO6. The van der Waals surface area contributed by atoms with Crippen molar-refractivity contribution < 1.29 is 23.4 Å². The van der Waals surface area contributed by atoms with E-state index in [0.717, 1.165) is 24.0 Å². The fraction of sp³-hybridized carbons (Fsp3) is 0.385. The lowest BCUT2D eigenvalue weighted by atomic mass is 9.97. The van der Waals surface area contributed by atoms with Crippen molar-refractivity contribution in [3.8, 4) is 11.5 Å². The highest BCUT2D eigenvalue weighted by Gasteiger charge is 2.44. The monoisotopic (exact) mass is 449 g/mol. The molecule has 0 radical (unpaired) electrons. The van der Waals surface area contributed by atoms with Crippen LogP contribution in [0.1, 0.15) is 53.1 Å². The standard InChI is InChI=1S/C26H27NO6/c1-4-31-20-10-8-16(13-21(20)30-3)23-22-24(28)18-12-15(2)7-9-19(18)33-25(22)26(29)27(23)14-17-6-5-11-32-17/h7-10,12-13,17,23H,4-6,11,14H2,1-3H3. The van der Waals surface area contributed by atoms with E-state index in [4.69, 9.17) is 18.6 Å². The van der Waals surface area contributed by atoms with Gasteiger partial charge in [-0.15, -0.1) is 0 Å². The van der Waals surface area contributed by atoms with Crippen LogP contribution in [0.2, 0.25) is 0 Å². The zero-order chi connectivity index (χ0) is 23.1. The molecule has 3 heterocycles. The first-order valence-corrected chi connectivity index (χ1v) is 11.3. The fourth-order valence-corrected chi connectivity index (χ4v) is 4.81. The topological polar surface area (TPSA) is 78.2 Å². The summed E-state index contributed by atoms with van der Waals surface area (Å²) in [6.45, 7) is 5.40. The van der Waals surface area contributed by atoms with E-state index >= 15 is 0 Å². The Morgan fingerprint density at radius 1 is 1.12 bits per heavy atom. The molecule has 0 N–H and O–H groups in total. The van der Waals surface area contributed by atoms with Crippen LogP contribution in [0, 0.1) is 6.92 Å². The van der Waals surface area contributed by atoms with Gasteiger partial charge in [0.25, 0.3) is 5.91 Å². The number of ether oxygens (including phenoxy) is 3. The second-order valence-corrected chi connectivity index (χ2v) is 8.51. The quantitative estimate of drug-likeness (QED) is 0.560. The lowest BCUT2D eigenvalue weighted by molar-refractivity contribution is 0.0486. The summed E-state index contributed by atoms with van der Waals surface area (Å²) in [6.07, 6.45) is 1.77. The fourth-order valence-electron chi connectivity index (χ4n) is 4.81. The third-order valence-electron chi connectivity index (χ3n) is 6.35. The number of nitrogens with zero attached hydrogens (tertiary/aromatic N) is 1. The van der Waals surface area contributed by atoms with Gasteiger partial charge in [0.1, 0.15) is 5.58 Å². The summed E-state index contributed by atoms with van der Waals surface area (Å²) in [4.78, 5) is 28.9. The predicted molar refractivity (Wildman–Crippen MR) is 123 cm³/mol. The van der Waals surface area contributed by atoms with Crippen LogP contribution in [0.4, 0.5) is 0 Å². The van der Waals surface area contributed by atoms with Crippen LogP contribution in [-0.4, -0.2) is 43.8 Å². The minimum Gasteiger partial charge on any atom is -0.493 e. The number of hydrogen-bond donors (Lipinski definition) is 0. The van der Waals surface area contributed by atoms with Crippen LogP contribution < -0.4 is 14.9 Å². The molecule has 1 amide bonds. The maximum atomic E-state index is 13.7. The van der Waals surface area contributed by atoms with Gasteiger partial charge in [-0.3, -0.25) is 9.59 Å². The number of benzene rings is 2. The minimum absolute atomic E-state index is 0.0675. The van der Waals surface area contributed by atoms with Gasteiger partial charge in [0.05, 0.1) is 36.8 Å². The highest BCUT2D eigenvalue weighted by atomic mass is 16.5. The molecule has 2 aromatic carbocycles. The summed E-state index contributed by atoms with van der Waals surface area (Å²) in [5, 5.41) is 0.475. The second kappa shape index (κ2) is 8.56.